The van der Waals surface area contributed by atoms with Crippen LogP contribution >= 0.6 is 0 Å². The Labute approximate surface area is 140 Å². The highest BCUT2D eigenvalue weighted by Crippen LogP contribution is 2.27. The monoisotopic (exact) mass is 326 g/mol. The van der Waals surface area contributed by atoms with Gasteiger partial charge in [-0.15, -0.1) is 11.8 Å². The van der Waals surface area contributed by atoms with Gasteiger partial charge in [0.15, 0.2) is 5.78 Å². The molecule has 4 heteroatoms. The van der Waals surface area contributed by atoms with Crippen LogP contribution in [0.1, 0.15) is 31.0 Å². The Morgan fingerprint density at radius 1 is 1.30 bits per heavy atom. The Bertz CT molecular complexity index is 608. The first-order valence-corrected chi connectivity index (χ1v) is 12.0. The van der Waals surface area contributed by atoms with Gasteiger partial charge in [0.1, 0.15) is 0 Å². The second-order valence-electron chi connectivity index (χ2n) is 7.19. The van der Waals surface area contributed by atoms with E-state index in [1.807, 2.05) is 24.4 Å². The number of rotatable bonds is 5. The standard InChI is InChI=1S/C19H26N2OSi/c1-23(2,3)15-9-5-4-8-13-21-14-11-17(22)16-19(21)18-10-6-7-12-20-18/h6-7,10-12,14,19H,4,8,13,15-16H2,1-3H3. The first-order valence-electron chi connectivity index (χ1n) is 8.29. The third-order valence-electron chi connectivity index (χ3n) is 3.74. The summed E-state index contributed by atoms with van der Waals surface area (Å²) in [7, 11) is -1.05. The van der Waals surface area contributed by atoms with Crippen molar-refractivity contribution in [3.05, 3.63) is 42.4 Å². The third kappa shape index (κ3) is 6.03. The second-order valence-corrected chi connectivity index (χ2v) is 12.7. The molecule has 122 valence electrons. The molecule has 3 nitrogen and oxygen atoms in total. The lowest BCUT2D eigenvalue weighted by atomic mass is 10.0. The predicted octanol–water partition coefficient (Wildman–Crippen LogP) is 4.03. The fourth-order valence-electron chi connectivity index (χ4n) is 2.50. The van der Waals surface area contributed by atoms with Gasteiger partial charge in [0.2, 0.25) is 0 Å². The van der Waals surface area contributed by atoms with E-state index in [-0.39, 0.29) is 11.8 Å². The number of ketones is 1. The average Bonchev–Trinajstić information content (AvgIpc) is 2.51. The van der Waals surface area contributed by atoms with E-state index in [1.54, 1.807) is 12.3 Å². The summed E-state index contributed by atoms with van der Waals surface area (Å²) in [5.74, 6) is 6.79. The van der Waals surface area contributed by atoms with Gasteiger partial charge in [-0.2, -0.15) is 0 Å². The van der Waals surface area contributed by atoms with E-state index in [4.69, 9.17) is 0 Å². The van der Waals surface area contributed by atoms with Crippen molar-refractivity contribution in [1.29, 1.82) is 0 Å². The molecule has 1 aromatic heterocycles. The van der Waals surface area contributed by atoms with Gasteiger partial charge in [0.05, 0.1) is 19.8 Å². The van der Waals surface area contributed by atoms with Gasteiger partial charge in [-0.3, -0.25) is 9.78 Å². The minimum atomic E-state index is -1.05. The summed E-state index contributed by atoms with van der Waals surface area (Å²) in [4.78, 5) is 18.4. The van der Waals surface area contributed by atoms with Crippen molar-refractivity contribution in [3.8, 4) is 11.8 Å². The number of aromatic nitrogens is 1. The van der Waals surface area contributed by atoms with E-state index in [2.05, 4.69) is 41.4 Å². The lowest BCUT2D eigenvalue weighted by molar-refractivity contribution is -0.116. The molecule has 0 aromatic carbocycles. The number of hydrogen-bond donors (Lipinski definition) is 0. The molecule has 0 radical (unpaired) electrons. The van der Waals surface area contributed by atoms with Crippen LogP contribution in [0.25, 0.3) is 0 Å². The molecule has 1 aliphatic rings. The number of allylic oxidation sites excluding steroid dienone is 1. The molecule has 0 fully saturated rings. The van der Waals surface area contributed by atoms with Gasteiger partial charge in [0.25, 0.3) is 0 Å². The molecule has 1 aliphatic heterocycles. The number of pyridine rings is 1. The number of carbonyl (C=O) groups is 1. The molecule has 0 saturated carbocycles. The molecule has 1 unspecified atom stereocenters. The number of unbranched alkanes of at least 4 members (excludes halogenated alkanes) is 1. The third-order valence-corrected chi connectivity index (χ3v) is 4.98. The Balaban J connectivity index is 1.89. The minimum Gasteiger partial charge on any atom is -0.368 e. The minimum absolute atomic E-state index is 0.0589. The van der Waals surface area contributed by atoms with E-state index < -0.39 is 8.07 Å². The van der Waals surface area contributed by atoms with E-state index in [1.165, 1.54) is 0 Å². The summed E-state index contributed by atoms with van der Waals surface area (Å²) in [6.45, 7) is 7.94. The highest BCUT2D eigenvalue weighted by molar-refractivity contribution is 6.76. The molecule has 0 amide bonds. The molecule has 0 N–H and O–H groups in total. The molecule has 1 aromatic rings. The van der Waals surface area contributed by atoms with Crippen LogP contribution in [0.2, 0.25) is 25.7 Å². The Morgan fingerprint density at radius 3 is 2.83 bits per heavy atom. The predicted molar refractivity (Wildman–Crippen MR) is 97.6 cm³/mol. The summed E-state index contributed by atoms with van der Waals surface area (Å²) in [5.41, 5.74) is 0.968. The second kappa shape index (κ2) is 8.12. The van der Waals surface area contributed by atoms with E-state index >= 15 is 0 Å². The average molecular weight is 327 g/mol. The van der Waals surface area contributed by atoms with Crippen molar-refractivity contribution in [3.63, 3.8) is 0 Å². The molecule has 23 heavy (non-hydrogen) atoms. The normalized spacial score (nSPS) is 17.8. The zero-order valence-electron chi connectivity index (χ0n) is 14.4. The molecule has 0 spiro atoms. The van der Waals surface area contributed by atoms with Crippen LogP contribution in [0.4, 0.5) is 0 Å². The van der Waals surface area contributed by atoms with Crippen LogP contribution in [-0.4, -0.2) is 30.3 Å². The van der Waals surface area contributed by atoms with E-state index in [0.29, 0.717) is 6.42 Å². The summed E-state index contributed by atoms with van der Waals surface area (Å²) in [6.07, 6.45) is 7.82. The molecule has 0 bridgehead atoms. The quantitative estimate of drug-likeness (QED) is 0.465. The van der Waals surface area contributed by atoms with Gasteiger partial charge >= 0.3 is 0 Å². The Morgan fingerprint density at radius 2 is 2.13 bits per heavy atom. The Hall–Kier alpha value is -1.86. The molecule has 2 heterocycles. The van der Waals surface area contributed by atoms with Crippen LogP contribution in [0.15, 0.2) is 36.7 Å². The van der Waals surface area contributed by atoms with Crippen LogP contribution in [0.3, 0.4) is 0 Å². The maximum Gasteiger partial charge on any atom is 0.159 e. The summed E-state index contributed by atoms with van der Waals surface area (Å²) in [5, 5.41) is 0. The van der Waals surface area contributed by atoms with Gasteiger partial charge in [0, 0.05) is 37.8 Å². The lowest BCUT2D eigenvalue weighted by Crippen LogP contribution is -2.30. The van der Waals surface area contributed by atoms with Gasteiger partial charge in [-0.05, 0) is 24.6 Å². The van der Waals surface area contributed by atoms with Crippen molar-refractivity contribution in [2.24, 2.45) is 0 Å². The van der Waals surface area contributed by atoms with Crippen LogP contribution < -0.4 is 0 Å². The number of nitrogens with zero attached hydrogens (tertiary/aromatic N) is 2. The fraction of sp³-hybridized carbons (Fsp3) is 0.474. The van der Waals surface area contributed by atoms with Crippen molar-refractivity contribution >= 4 is 13.9 Å². The van der Waals surface area contributed by atoms with Gasteiger partial charge in [-0.25, -0.2) is 0 Å². The molecule has 0 saturated heterocycles. The highest BCUT2D eigenvalue weighted by Gasteiger charge is 2.24. The highest BCUT2D eigenvalue weighted by atomic mass is 28.3. The molecule has 1 atom stereocenters. The zero-order chi connectivity index (χ0) is 16.7. The Kier molecular flexibility index (Phi) is 6.17. The van der Waals surface area contributed by atoms with Gasteiger partial charge in [-0.1, -0.05) is 25.7 Å². The van der Waals surface area contributed by atoms with Crippen LogP contribution in [0.5, 0.6) is 0 Å². The van der Waals surface area contributed by atoms with Crippen molar-refractivity contribution in [2.75, 3.05) is 6.54 Å². The van der Waals surface area contributed by atoms with Crippen molar-refractivity contribution in [2.45, 2.75) is 51.0 Å². The number of hydrogen-bond acceptors (Lipinski definition) is 3. The maximum absolute atomic E-state index is 11.7. The van der Waals surface area contributed by atoms with E-state index in [9.17, 15) is 4.79 Å². The zero-order valence-corrected chi connectivity index (χ0v) is 15.4. The summed E-state index contributed by atoms with van der Waals surface area (Å²) < 4.78 is 0. The van der Waals surface area contributed by atoms with Crippen molar-refractivity contribution < 1.29 is 4.79 Å². The van der Waals surface area contributed by atoms with Crippen LogP contribution in [0, 0.1) is 11.8 Å². The molecule has 2 rings (SSSR count). The largest absolute Gasteiger partial charge is 0.368 e. The van der Waals surface area contributed by atoms with Gasteiger partial charge < -0.3 is 4.90 Å². The number of carbonyl (C=O) groups excluding carboxylic acids is 1. The first-order chi connectivity index (χ1) is 11.0. The van der Waals surface area contributed by atoms with Crippen molar-refractivity contribution in [1.82, 2.24) is 9.88 Å². The summed E-state index contributed by atoms with van der Waals surface area (Å²) >= 11 is 0. The topological polar surface area (TPSA) is 33.2 Å². The molecule has 0 aliphatic carbocycles. The lowest BCUT2D eigenvalue weighted by Gasteiger charge is -2.32. The molecular formula is C19H26N2OSi. The fourth-order valence-corrected chi connectivity index (χ4v) is 3.16. The molecular weight excluding hydrogens is 300 g/mol. The first kappa shape index (κ1) is 17.5. The van der Waals surface area contributed by atoms with Crippen LogP contribution in [-0.2, 0) is 4.79 Å². The van der Waals surface area contributed by atoms with E-state index in [0.717, 1.165) is 31.1 Å². The summed E-state index contributed by atoms with van der Waals surface area (Å²) in [6, 6.07) is 7.01. The SMILES string of the molecule is C[Si](C)(C)CC#CCCCN1C=CC(=O)CC1c1ccccn1. The smallest absolute Gasteiger partial charge is 0.159 e. The maximum atomic E-state index is 11.7.